The zero-order valence-corrected chi connectivity index (χ0v) is 13.8. The quantitative estimate of drug-likeness (QED) is 0.612. The van der Waals surface area contributed by atoms with E-state index in [4.69, 9.17) is 13.9 Å². The van der Waals surface area contributed by atoms with E-state index in [1.165, 1.54) is 0 Å². The molecule has 4 aromatic rings. The number of rotatable bonds is 3. The predicted octanol–water partition coefficient (Wildman–Crippen LogP) is 2.94. The van der Waals surface area contributed by atoms with Crippen LogP contribution in [0.1, 0.15) is 5.76 Å². The van der Waals surface area contributed by atoms with E-state index in [0.717, 1.165) is 17.0 Å². The molecular weight excluding hydrogens is 334 g/mol. The highest BCUT2D eigenvalue weighted by molar-refractivity contribution is 5.79. The van der Waals surface area contributed by atoms with Crippen LogP contribution in [0.2, 0.25) is 0 Å². The lowest BCUT2D eigenvalue weighted by molar-refractivity contribution is 0.171. The third-order valence-corrected chi connectivity index (χ3v) is 4.24. The first-order chi connectivity index (χ1) is 12.8. The Balaban J connectivity index is 1.74. The number of aliphatic hydroxyl groups excluding tert-OH is 1. The first kappa shape index (κ1) is 15.0. The minimum Gasteiger partial charge on any atom is -0.486 e. The van der Waals surface area contributed by atoms with Gasteiger partial charge < -0.3 is 19.0 Å². The van der Waals surface area contributed by atoms with Crippen LogP contribution in [-0.4, -0.2) is 32.9 Å². The Morgan fingerprint density at radius 2 is 1.92 bits per heavy atom. The number of aromatic nitrogens is 3. The molecule has 0 fully saturated rings. The third-order valence-electron chi connectivity index (χ3n) is 4.24. The summed E-state index contributed by atoms with van der Waals surface area (Å²) >= 11 is 0. The van der Waals surface area contributed by atoms with Gasteiger partial charge in [0.25, 0.3) is 0 Å². The zero-order valence-electron chi connectivity index (χ0n) is 13.8. The Morgan fingerprint density at radius 1 is 1.04 bits per heavy atom. The van der Waals surface area contributed by atoms with Gasteiger partial charge in [-0.1, -0.05) is 0 Å². The largest absolute Gasteiger partial charge is 0.486 e. The van der Waals surface area contributed by atoms with Crippen molar-refractivity contribution in [2.24, 2.45) is 0 Å². The van der Waals surface area contributed by atoms with Crippen molar-refractivity contribution in [2.75, 3.05) is 13.2 Å². The number of nitrogens with zero attached hydrogens (tertiary/aromatic N) is 3. The van der Waals surface area contributed by atoms with Crippen LogP contribution in [0.5, 0.6) is 11.5 Å². The summed E-state index contributed by atoms with van der Waals surface area (Å²) in [6.45, 7) is 0.899. The average molecular weight is 349 g/mol. The Morgan fingerprint density at radius 3 is 2.77 bits per heavy atom. The molecule has 7 nitrogen and oxygen atoms in total. The molecule has 0 saturated carbocycles. The fourth-order valence-corrected chi connectivity index (χ4v) is 3.08. The minimum atomic E-state index is -0.164. The summed E-state index contributed by atoms with van der Waals surface area (Å²) in [5.41, 5.74) is 2.30. The summed E-state index contributed by atoms with van der Waals surface area (Å²) in [4.78, 5) is 9.15. The molecule has 4 heterocycles. The second-order valence-corrected chi connectivity index (χ2v) is 5.87. The van der Waals surface area contributed by atoms with Crippen molar-refractivity contribution in [2.45, 2.75) is 6.61 Å². The number of ether oxygens (including phenoxy) is 2. The Hall–Kier alpha value is -3.32. The van der Waals surface area contributed by atoms with Crippen molar-refractivity contribution < 1.29 is 19.0 Å². The van der Waals surface area contributed by atoms with Gasteiger partial charge in [-0.25, -0.2) is 9.97 Å². The summed E-state index contributed by atoms with van der Waals surface area (Å²) in [7, 11) is 0. The van der Waals surface area contributed by atoms with Crippen molar-refractivity contribution >= 4 is 11.2 Å². The first-order valence-corrected chi connectivity index (χ1v) is 8.27. The van der Waals surface area contributed by atoms with Crippen LogP contribution in [-0.2, 0) is 6.61 Å². The van der Waals surface area contributed by atoms with Gasteiger partial charge in [-0.15, -0.1) is 0 Å². The molecule has 0 bridgehead atoms. The van der Waals surface area contributed by atoms with Crippen LogP contribution in [0.3, 0.4) is 0 Å². The van der Waals surface area contributed by atoms with E-state index in [2.05, 4.69) is 9.97 Å². The lowest BCUT2D eigenvalue weighted by Gasteiger charge is -2.19. The lowest BCUT2D eigenvalue weighted by Crippen LogP contribution is -2.15. The first-order valence-electron chi connectivity index (χ1n) is 8.27. The van der Waals surface area contributed by atoms with Gasteiger partial charge in [-0.05, 0) is 36.4 Å². The number of aliphatic hydroxyl groups is 1. The van der Waals surface area contributed by atoms with Crippen molar-refractivity contribution in [3.8, 4) is 28.8 Å². The summed E-state index contributed by atoms with van der Waals surface area (Å²) in [6, 6.07) is 13.0. The maximum atomic E-state index is 9.29. The third kappa shape index (κ3) is 2.33. The van der Waals surface area contributed by atoms with Crippen LogP contribution in [0.25, 0.3) is 28.4 Å². The molecule has 3 aromatic heterocycles. The van der Waals surface area contributed by atoms with E-state index in [1.807, 2.05) is 34.9 Å². The van der Waals surface area contributed by atoms with Crippen LogP contribution in [0.4, 0.5) is 0 Å². The van der Waals surface area contributed by atoms with Crippen molar-refractivity contribution in [3.63, 3.8) is 0 Å². The normalized spacial score (nSPS) is 13.3. The monoisotopic (exact) mass is 349 g/mol. The van der Waals surface area contributed by atoms with Crippen LogP contribution < -0.4 is 9.47 Å². The molecule has 1 aromatic carbocycles. The van der Waals surface area contributed by atoms with Gasteiger partial charge in [-0.3, -0.25) is 4.57 Å². The van der Waals surface area contributed by atoms with E-state index in [-0.39, 0.29) is 6.61 Å². The number of imidazole rings is 1. The maximum absolute atomic E-state index is 9.29. The van der Waals surface area contributed by atoms with Crippen molar-refractivity contribution in [1.29, 1.82) is 0 Å². The van der Waals surface area contributed by atoms with Gasteiger partial charge in [0.2, 0.25) is 0 Å². The number of pyridine rings is 1. The Bertz CT molecular complexity index is 1100. The molecule has 0 spiro atoms. The number of furan rings is 1. The maximum Gasteiger partial charge on any atom is 0.183 e. The molecule has 5 rings (SSSR count). The highest BCUT2D eigenvalue weighted by Gasteiger charge is 2.20. The molecule has 7 heteroatoms. The SMILES string of the molecule is OCc1ccc(-c2nc3cccnc3n2-c2ccc3c(c2)OCCO3)o1. The van der Waals surface area contributed by atoms with E-state index in [1.54, 1.807) is 18.3 Å². The molecule has 1 N–H and O–H groups in total. The average Bonchev–Trinajstić information content (AvgIpc) is 3.32. The van der Waals surface area contributed by atoms with Gasteiger partial charge in [0, 0.05) is 12.3 Å². The number of fused-ring (bicyclic) bond motifs is 2. The second-order valence-electron chi connectivity index (χ2n) is 5.87. The van der Waals surface area contributed by atoms with Gasteiger partial charge in [0.05, 0.1) is 5.69 Å². The zero-order chi connectivity index (χ0) is 17.5. The molecule has 0 atom stereocenters. The summed E-state index contributed by atoms with van der Waals surface area (Å²) in [5, 5.41) is 9.29. The van der Waals surface area contributed by atoms with E-state index >= 15 is 0 Å². The Kier molecular flexibility index (Phi) is 3.39. The summed E-state index contributed by atoms with van der Waals surface area (Å²) in [6.07, 6.45) is 1.73. The molecule has 130 valence electrons. The summed E-state index contributed by atoms with van der Waals surface area (Å²) in [5.74, 6) is 3.05. The molecule has 26 heavy (non-hydrogen) atoms. The van der Waals surface area contributed by atoms with E-state index < -0.39 is 0 Å². The van der Waals surface area contributed by atoms with Crippen molar-refractivity contribution in [3.05, 3.63) is 54.4 Å². The van der Waals surface area contributed by atoms with E-state index in [0.29, 0.717) is 42.0 Å². The standard InChI is InChI=1S/C19H15N3O4/c23-11-13-4-6-16(26-13)19-21-14-2-1-7-20-18(14)22(19)12-3-5-15-17(10-12)25-9-8-24-15/h1-7,10,23H,8-9,11H2. The minimum absolute atomic E-state index is 0.164. The van der Waals surface area contributed by atoms with Crippen LogP contribution >= 0.6 is 0 Å². The number of hydrogen-bond acceptors (Lipinski definition) is 6. The smallest absolute Gasteiger partial charge is 0.183 e. The second kappa shape index (κ2) is 5.89. The number of benzene rings is 1. The molecule has 1 aliphatic heterocycles. The summed E-state index contributed by atoms with van der Waals surface area (Å²) < 4.78 is 18.9. The molecule has 0 unspecified atom stereocenters. The molecule has 0 aliphatic carbocycles. The van der Waals surface area contributed by atoms with Gasteiger partial charge in [-0.2, -0.15) is 0 Å². The molecule has 0 saturated heterocycles. The molecule has 0 amide bonds. The van der Waals surface area contributed by atoms with Gasteiger partial charge in [0.15, 0.2) is 28.7 Å². The number of hydrogen-bond donors (Lipinski definition) is 1. The van der Waals surface area contributed by atoms with Gasteiger partial charge in [0.1, 0.15) is 31.1 Å². The molecule has 0 radical (unpaired) electrons. The topological polar surface area (TPSA) is 82.5 Å². The fourth-order valence-electron chi connectivity index (χ4n) is 3.08. The predicted molar refractivity (Wildman–Crippen MR) is 93.5 cm³/mol. The highest BCUT2D eigenvalue weighted by Crippen LogP contribution is 2.35. The van der Waals surface area contributed by atoms with Crippen LogP contribution in [0.15, 0.2) is 53.1 Å². The van der Waals surface area contributed by atoms with Gasteiger partial charge >= 0.3 is 0 Å². The highest BCUT2D eigenvalue weighted by atomic mass is 16.6. The lowest BCUT2D eigenvalue weighted by atomic mass is 10.2. The molecule has 1 aliphatic rings. The fraction of sp³-hybridized carbons (Fsp3) is 0.158. The van der Waals surface area contributed by atoms with Crippen LogP contribution in [0, 0.1) is 0 Å². The Labute approximate surface area is 148 Å². The van der Waals surface area contributed by atoms with E-state index in [9.17, 15) is 5.11 Å². The molecular formula is C19H15N3O4. The van der Waals surface area contributed by atoms with Crippen molar-refractivity contribution in [1.82, 2.24) is 14.5 Å².